The maximum absolute atomic E-state index is 12.8. The topological polar surface area (TPSA) is 0 Å². The van der Waals surface area contributed by atoms with Crippen LogP contribution in [0.3, 0.4) is 0 Å². The van der Waals surface area contributed by atoms with E-state index in [1.165, 1.54) is 12.1 Å². The molecule has 0 aromatic heterocycles. The lowest BCUT2D eigenvalue weighted by Crippen LogP contribution is -1.77. The van der Waals surface area contributed by atoms with Crippen LogP contribution in [-0.4, -0.2) is 0 Å². The highest BCUT2D eigenvalue weighted by Crippen LogP contribution is 2.21. The molecular formula is C8H4Br3F. The second kappa shape index (κ2) is 4.53. The van der Waals surface area contributed by atoms with Crippen molar-refractivity contribution < 1.29 is 4.39 Å². The van der Waals surface area contributed by atoms with Gasteiger partial charge in [-0.3, -0.25) is 0 Å². The highest BCUT2D eigenvalue weighted by atomic mass is 79.9. The van der Waals surface area contributed by atoms with Crippen molar-refractivity contribution in [3.8, 4) is 0 Å². The summed E-state index contributed by atoms with van der Waals surface area (Å²) in [5, 5.41) is 0. The Labute approximate surface area is 95.2 Å². The molecule has 0 aliphatic heterocycles. The Morgan fingerprint density at radius 3 is 2.42 bits per heavy atom. The Morgan fingerprint density at radius 2 is 1.92 bits per heavy atom. The fraction of sp³-hybridized carbons (Fsp3) is 0. The predicted octanol–water partition coefficient (Wildman–Crippen LogP) is 4.68. The number of benzene rings is 1. The predicted molar refractivity (Wildman–Crippen MR) is 59.9 cm³/mol. The lowest BCUT2D eigenvalue weighted by Gasteiger charge is -1.95. The maximum atomic E-state index is 12.8. The van der Waals surface area contributed by atoms with Crippen molar-refractivity contribution in [3.63, 3.8) is 0 Å². The van der Waals surface area contributed by atoms with Gasteiger partial charge in [-0.2, -0.15) is 0 Å². The third-order valence-corrected chi connectivity index (χ3v) is 2.08. The van der Waals surface area contributed by atoms with Crippen LogP contribution in [0, 0.1) is 5.82 Å². The van der Waals surface area contributed by atoms with Crippen molar-refractivity contribution in [3.05, 3.63) is 37.4 Å². The molecule has 0 aliphatic rings. The van der Waals surface area contributed by atoms with Crippen LogP contribution < -0.4 is 0 Å². The molecule has 4 heteroatoms. The molecular weight excluding hydrogens is 355 g/mol. The normalized spacial score (nSPS) is 9.67. The van der Waals surface area contributed by atoms with Crippen LogP contribution in [0.1, 0.15) is 5.56 Å². The van der Waals surface area contributed by atoms with E-state index in [0.717, 1.165) is 13.4 Å². The number of rotatable bonds is 1. The van der Waals surface area contributed by atoms with Crippen molar-refractivity contribution in [1.82, 2.24) is 0 Å². The molecule has 0 radical (unpaired) electrons. The Hall–Kier alpha value is 0.330. The van der Waals surface area contributed by atoms with E-state index in [1.807, 2.05) is 6.07 Å². The van der Waals surface area contributed by atoms with Crippen LogP contribution in [0.2, 0.25) is 0 Å². The van der Waals surface area contributed by atoms with Crippen LogP contribution in [0.25, 0.3) is 6.08 Å². The van der Waals surface area contributed by atoms with Gasteiger partial charge in [0, 0.05) is 4.47 Å². The van der Waals surface area contributed by atoms with Gasteiger partial charge in [0.2, 0.25) is 0 Å². The quantitative estimate of drug-likeness (QED) is 0.684. The first kappa shape index (κ1) is 10.4. The van der Waals surface area contributed by atoms with Gasteiger partial charge in [0.15, 0.2) is 0 Å². The first-order valence-electron chi connectivity index (χ1n) is 3.07. The molecule has 0 N–H and O–H groups in total. The number of halogens is 4. The summed E-state index contributed by atoms with van der Waals surface area (Å²) in [7, 11) is 0. The molecule has 0 saturated carbocycles. The van der Waals surface area contributed by atoms with E-state index >= 15 is 0 Å². The average Bonchev–Trinajstić information content (AvgIpc) is 1.81. The van der Waals surface area contributed by atoms with Gasteiger partial charge in [-0.25, -0.2) is 4.39 Å². The standard InChI is InChI=1S/C8H4Br3F/c9-6-1-5(3-8(10)11)2-7(12)4-6/h1-4H. The first-order chi connectivity index (χ1) is 5.58. The van der Waals surface area contributed by atoms with Gasteiger partial charge in [0.25, 0.3) is 0 Å². The van der Waals surface area contributed by atoms with E-state index in [1.54, 1.807) is 6.08 Å². The molecule has 12 heavy (non-hydrogen) atoms. The van der Waals surface area contributed by atoms with E-state index in [0.29, 0.717) is 0 Å². The smallest absolute Gasteiger partial charge is 0.124 e. The van der Waals surface area contributed by atoms with Gasteiger partial charge in [-0.05, 0) is 61.7 Å². The fourth-order valence-electron chi connectivity index (χ4n) is 0.784. The summed E-state index contributed by atoms with van der Waals surface area (Å²) in [6.07, 6.45) is 1.77. The van der Waals surface area contributed by atoms with Gasteiger partial charge in [0.1, 0.15) is 5.82 Å². The van der Waals surface area contributed by atoms with Crippen LogP contribution >= 0.6 is 47.8 Å². The van der Waals surface area contributed by atoms with Gasteiger partial charge in [0.05, 0.1) is 3.39 Å². The van der Waals surface area contributed by atoms with Gasteiger partial charge in [-0.1, -0.05) is 15.9 Å². The minimum absolute atomic E-state index is 0.253. The number of hydrogen-bond donors (Lipinski definition) is 0. The minimum Gasteiger partial charge on any atom is -0.207 e. The van der Waals surface area contributed by atoms with Gasteiger partial charge in [-0.15, -0.1) is 0 Å². The monoisotopic (exact) mass is 356 g/mol. The lowest BCUT2D eigenvalue weighted by atomic mass is 10.2. The zero-order chi connectivity index (χ0) is 9.14. The Bertz CT molecular complexity index is 296. The zero-order valence-corrected chi connectivity index (χ0v) is 10.6. The summed E-state index contributed by atoms with van der Waals surface area (Å²) < 4.78 is 14.3. The number of hydrogen-bond acceptors (Lipinski definition) is 0. The maximum Gasteiger partial charge on any atom is 0.124 e. The van der Waals surface area contributed by atoms with E-state index in [2.05, 4.69) is 47.8 Å². The highest BCUT2D eigenvalue weighted by molar-refractivity contribution is 9.28. The second-order valence-corrected chi connectivity index (χ2v) is 5.83. The summed E-state index contributed by atoms with van der Waals surface area (Å²) in [5.74, 6) is -0.253. The van der Waals surface area contributed by atoms with Gasteiger partial charge >= 0.3 is 0 Å². The van der Waals surface area contributed by atoms with Crippen LogP contribution in [0.4, 0.5) is 4.39 Å². The fourth-order valence-corrected chi connectivity index (χ4v) is 1.80. The van der Waals surface area contributed by atoms with Crippen molar-refractivity contribution in [2.24, 2.45) is 0 Å². The third-order valence-electron chi connectivity index (χ3n) is 1.16. The van der Waals surface area contributed by atoms with E-state index in [9.17, 15) is 4.39 Å². The largest absolute Gasteiger partial charge is 0.207 e. The Balaban J connectivity index is 3.09. The molecule has 0 unspecified atom stereocenters. The molecule has 0 aliphatic carbocycles. The van der Waals surface area contributed by atoms with Crippen molar-refractivity contribution >= 4 is 53.9 Å². The van der Waals surface area contributed by atoms with Crippen molar-refractivity contribution in [1.29, 1.82) is 0 Å². The summed E-state index contributed by atoms with van der Waals surface area (Å²) >= 11 is 9.60. The molecule has 1 aromatic rings. The molecule has 0 nitrogen and oxygen atoms in total. The van der Waals surface area contributed by atoms with Crippen molar-refractivity contribution in [2.75, 3.05) is 0 Å². The van der Waals surface area contributed by atoms with Crippen LogP contribution in [0.5, 0.6) is 0 Å². The highest BCUT2D eigenvalue weighted by Gasteiger charge is 1.96. The summed E-state index contributed by atoms with van der Waals surface area (Å²) in [6.45, 7) is 0. The lowest BCUT2D eigenvalue weighted by molar-refractivity contribution is 0.626. The zero-order valence-electron chi connectivity index (χ0n) is 5.82. The molecule has 0 saturated heterocycles. The van der Waals surface area contributed by atoms with Crippen LogP contribution in [-0.2, 0) is 0 Å². The molecule has 1 aromatic carbocycles. The molecule has 0 spiro atoms. The van der Waals surface area contributed by atoms with Gasteiger partial charge < -0.3 is 0 Å². The van der Waals surface area contributed by atoms with E-state index in [4.69, 9.17) is 0 Å². The van der Waals surface area contributed by atoms with E-state index < -0.39 is 0 Å². The molecule has 0 amide bonds. The summed E-state index contributed by atoms with van der Waals surface area (Å²) in [5.41, 5.74) is 0.797. The molecule has 0 fully saturated rings. The van der Waals surface area contributed by atoms with E-state index in [-0.39, 0.29) is 5.82 Å². The van der Waals surface area contributed by atoms with Crippen LogP contribution in [0.15, 0.2) is 26.1 Å². The van der Waals surface area contributed by atoms with Crippen molar-refractivity contribution in [2.45, 2.75) is 0 Å². The summed E-state index contributed by atoms with van der Waals surface area (Å²) in [6, 6.07) is 4.69. The molecule has 64 valence electrons. The molecule has 0 bridgehead atoms. The minimum atomic E-state index is -0.253. The SMILES string of the molecule is Fc1cc(Br)cc(C=C(Br)Br)c1. The molecule has 0 atom stereocenters. The third kappa shape index (κ3) is 3.37. The molecule has 1 rings (SSSR count). The average molecular weight is 359 g/mol. The summed E-state index contributed by atoms with van der Waals surface area (Å²) in [4.78, 5) is 0. The Kier molecular flexibility index (Phi) is 3.93. The Morgan fingerprint density at radius 1 is 1.25 bits per heavy atom. The molecule has 0 heterocycles. The second-order valence-electron chi connectivity index (χ2n) is 2.14. The first-order valence-corrected chi connectivity index (χ1v) is 5.44.